The zero-order chi connectivity index (χ0) is 24.9. The lowest BCUT2D eigenvalue weighted by Gasteiger charge is -2.19. The van der Waals surface area contributed by atoms with E-state index >= 15 is 0 Å². The monoisotopic (exact) mass is 465 g/mol. The van der Waals surface area contributed by atoms with Gasteiger partial charge in [0.25, 0.3) is 0 Å². The van der Waals surface area contributed by atoms with Crippen LogP contribution in [-0.4, -0.2) is 10.7 Å². The van der Waals surface area contributed by atoms with Crippen molar-refractivity contribution in [3.8, 4) is 0 Å². The second-order valence-corrected chi connectivity index (χ2v) is 9.15. The molecule has 0 aliphatic rings. The van der Waals surface area contributed by atoms with Gasteiger partial charge in [0.2, 0.25) is 0 Å². The Morgan fingerprint density at radius 2 is 1.88 bits per heavy atom. The lowest BCUT2D eigenvalue weighted by Crippen LogP contribution is -2.13. The van der Waals surface area contributed by atoms with E-state index in [-0.39, 0.29) is 0 Å². The molecule has 5 heteroatoms. The summed E-state index contributed by atoms with van der Waals surface area (Å²) in [5.74, 6) is 0. The van der Waals surface area contributed by atoms with Gasteiger partial charge in [-0.2, -0.15) is 0 Å². The molecule has 1 aromatic heterocycles. The van der Waals surface area contributed by atoms with E-state index in [0.717, 1.165) is 39.3 Å². The molecule has 0 bridgehead atoms. The first-order chi connectivity index (χ1) is 15.3. The molecule has 0 unspecified atom stereocenters. The average Bonchev–Trinajstić information content (AvgIpc) is 2.70. The Bertz CT molecular complexity index is 1130. The van der Waals surface area contributed by atoms with Gasteiger partial charge in [-0.15, -0.1) is 0 Å². The van der Waals surface area contributed by atoms with Gasteiger partial charge >= 0.3 is 0 Å². The van der Waals surface area contributed by atoms with E-state index in [1.807, 2.05) is 32.9 Å². The van der Waals surface area contributed by atoms with Gasteiger partial charge in [-0.3, -0.25) is 4.98 Å². The maximum Gasteiger partial charge on any atom is 0.132 e. The molecular formula is C28H33ClFN3. The summed E-state index contributed by atoms with van der Waals surface area (Å²) in [6, 6.07) is 7.98. The number of nitrogens with zero attached hydrogens (tertiary/aromatic N) is 2. The summed E-state index contributed by atoms with van der Waals surface area (Å²) >= 11 is 6.10. The third-order valence-corrected chi connectivity index (χ3v) is 5.44. The molecule has 3 nitrogen and oxygen atoms in total. The predicted molar refractivity (Wildman–Crippen MR) is 142 cm³/mol. The molecule has 0 spiro atoms. The minimum absolute atomic E-state index is 0.363. The summed E-state index contributed by atoms with van der Waals surface area (Å²) in [5, 5.41) is 3.63. The molecule has 0 amide bonds. The lowest BCUT2D eigenvalue weighted by molar-refractivity contribution is 0.219. The van der Waals surface area contributed by atoms with Crippen LogP contribution in [0, 0.1) is 13.8 Å². The fourth-order valence-corrected chi connectivity index (χ4v) is 3.74. The molecule has 0 fully saturated rings. The van der Waals surface area contributed by atoms with Crippen LogP contribution in [0.3, 0.4) is 0 Å². The largest absolute Gasteiger partial charge is 0.358 e. The summed E-state index contributed by atoms with van der Waals surface area (Å²) in [5.41, 5.74) is 6.67. The van der Waals surface area contributed by atoms with Crippen molar-refractivity contribution < 1.29 is 4.39 Å². The predicted octanol–water partition coefficient (Wildman–Crippen LogP) is 8.20. The highest BCUT2D eigenvalue weighted by atomic mass is 35.5. The van der Waals surface area contributed by atoms with Crippen LogP contribution in [0.1, 0.15) is 55.6 Å². The molecule has 1 N–H and O–H groups in total. The fourth-order valence-electron chi connectivity index (χ4n) is 3.54. The van der Waals surface area contributed by atoms with Crippen LogP contribution in [0.25, 0.3) is 5.70 Å². The molecule has 33 heavy (non-hydrogen) atoms. The molecule has 0 aliphatic heterocycles. The van der Waals surface area contributed by atoms with Crippen molar-refractivity contribution in [2.75, 3.05) is 5.32 Å². The van der Waals surface area contributed by atoms with Gasteiger partial charge in [0.15, 0.2) is 0 Å². The van der Waals surface area contributed by atoms with Crippen LogP contribution in [0.15, 0.2) is 77.6 Å². The molecule has 0 saturated carbocycles. The van der Waals surface area contributed by atoms with Crippen molar-refractivity contribution in [1.29, 1.82) is 0 Å². The second kappa shape index (κ2) is 10.8. The molecule has 0 radical (unpaired) electrons. The van der Waals surface area contributed by atoms with E-state index < -0.39 is 5.67 Å². The van der Waals surface area contributed by atoms with E-state index in [2.05, 4.69) is 54.1 Å². The van der Waals surface area contributed by atoms with E-state index in [1.165, 1.54) is 13.8 Å². The minimum Gasteiger partial charge on any atom is -0.358 e. The van der Waals surface area contributed by atoms with Gasteiger partial charge < -0.3 is 5.32 Å². The number of anilines is 1. The van der Waals surface area contributed by atoms with Crippen LogP contribution >= 0.6 is 11.6 Å². The maximum absolute atomic E-state index is 14.5. The third-order valence-electron chi connectivity index (χ3n) is 5.26. The summed E-state index contributed by atoms with van der Waals surface area (Å²) in [4.78, 5) is 8.99. The van der Waals surface area contributed by atoms with Crippen molar-refractivity contribution in [3.63, 3.8) is 0 Å². The van der Waals surface area contributed by atoms with Gasteiger partial charge in [-0.1, -0.05) is 49.5 Å². The highest BCUT2D eigenvalue weighted by Gasteiger charge is 2.22. The van der Waals surface area contributed by atoms with Gasteiger partial charge in [0, 0.05) is 28.9 Å². The Morgan fingerprint density at radius 3 is 2.39 bits per heavy atom. The zero-order valence-electron chi connectivity index (χ0n) is 20.4. The number of halogens is 2. The van der Waals surface area contributed by atoms with Crippen molar-refractivity contribution in [2.45, 2.75) is 53.6 Å². The number of alkyl halides is 1. The number of allylic oxidation sites excluding steroid dienone is 4. The van der Waals surface area contributed by atoms with Crippen molar-refractivity contribution in [1.82, 2.24) is 4.98 Å². The summed E-state index contributed by atoms with van der Waals surface area (Å²) in [6.07, 6.45) is 4.26. The lowest BCUT2D eigenvalue weighted by atomic mass is 9.98. The Labute approximate surface area is 202 Å². The molecule has 0 aliphatic carbocycles. The minimum atomic E-state index is -1.46. The van der Waals surface area contributed by atoms with Gasteiger partial charge in [-0.05, 0) is 70.4 Å². The van der Waals surface area contributed by atoms with E-state index in [1.54, 1.807) is 12.3 Å². The zero-order valence-corrected chi connectivity index (χ0v) is 21.2. The number of benzene rings is 1. The summed E-state index contributed by atoms with van der Waals surface area (Å²) in [7, 11) is 0. The van der Waals surface area contributed by atoms with E-state index in [9.17, 15) is 4.39 Å². The molecule has 0 atom stereocenters. The van der Waals surface area contributed by atoms with Crippen molar-refractivity contribution in [2.24, 2.45) is 4.99 Å². The second-order valence-electron chi connectivity index (χ2n) is 8.70. The first kappa shape index (κ1) is 26.3. The number of aliphatic imine (C=N–C) groups is 1. The van der Waals surface area contributed by atoms with E-state index in [4.69, 9.17) is 11.6 Å². The standard InChI is InChI=1S/C28H33ClFN3/c1-10-26(33-27(17(2)3)20(6)29)23-12-11-22(18(4)13-23)14-19(5)32-24-15-25(28(8,9)30)21(7)31-16-24/h10-13,15-16,32H,2,5-6,14H2,1,3-4,7-9H3/b26-10-,33-27?. The molecular weight excluding hydrogens is 433 g/mol. The number of aromatic nitrogens is 1. The van der Waals surface area contributed by atoms with Crippen LogP contribution in [0.4, 0.5) is 10.1 Å². The quantitative estimate of drug-likeness (QED) is 0.379. The Hall–Kier alpha value is -2.98. The molecule has 1 heterocycles. The molecule has 2 aromatic rings. The Kier molecular flexibility index (Phi) is 8.57. The number of rotatable bonds is 9. The number of hydrogen-bond donors (Lipinski definition) is 1. The Morgan fingerprint density at radius 1 is 1.21 bits per heavy atom. The number of aryl methyl sites for hydroxylation is 2. The van der Waals surface area contributed by atoms with Crippen LogP contribution in [0.5, 0.6) is 0 Å². The first-order valence-electron chi connectivity index (χ1n) is 10.8. The van der Waals surface area contributed by atoms with Gasteiger partial charge in [0.05, 0.1) is 28.3 Å². The molecule has 2 rings (SSSR count). The highest BCUT2D eigenvalue weighted by Crippen LogP contribution is 2.29. The average molecular weight is 466 g/mol. The van der Waals surface area contributed by atoms with E-state index in [0.29, 0.717) is 28.4 Å². The van der Waals surface area contributed by atoms with Gasteiger partial charge in [-0.25, -0.2) is 9.38 Å². The van der Waals surface area contributed by atoms with Crippen molar-refractivity contribution >= 4 is 28.7 Å². The smallest absolute Gasteiger partial charge is 0.132 e. The number of pyridine rings is 1. The van der Waals surface area contributed by atoms with Crippen LogP contribution in [-0.2, 0) is 12.1 Å². The maximum atomic E-state index is 14.5. The SMILES string of the molecule is C=C(Cc1ccc(/C(=C/C)N=C(C(=C)C)C(=C)Cl)cc1C)Nc1cnc(C)c(C(C)(C)F)c1. The van der Waals surface area contributed by atoms with Crippen LogP contribution in [0.2, 0.25) is 0 Å². The normalized spacial score (nSPS) is 12.5. The van der Waals surface area contributed by atoms with Crippen molar-refractivity contribution in [3.05, 3.63) is 101 Å². The van der Waals surface area contributed by atoms with Gasteiger partial charge in [0.1, 0.15) is 5.67 Å². The van der Waals surface area contributed by atoms with Crippen LogP contribution < -0.4 is 5.32 Å². The first-order valence-corrected chi connectivity index (χ1v) is 11.2. The number of hydrogen-bond acceptors (Lipinski definition) is 3. The molecule has 174 valence electrons. The Balaban J connectivity index is 2.22. The fraction of sp³-hybridized carbons (Fsp3) is 0.286. The highest BCUT2D eigenvalue weighted by molar-refractivity contribution is 6.46. The molecule has 0 saturated heterocycles. The number of nitrogens with one attached hydrogen (secondary N) is 1. The topological polar surface area (TPSA) is 37.3 Å². The summed E-state index contributed by atoms with van der Waals surface area (Å²) < 4.78 is 14.5. The summed E-state index contributed by atoms with van der Waals surface area (Å²) in [6.45, 7) is 22.6. The third kappa shape index (κ3) is 7.00. The molecule has 1 aromatic carbocycles.